The Morgan fingerprint density at radius 2 is 1.89 bits per heavy atom. The third-order valence-electron chi connectivity index (χ3n) is 2.83. The molecule has 0 saturated carbocycles. The van der Waals surface area contributed by atoms with E-state index in [0.29, 0.717) is 25.1 Å². The molecule has 0 saturated heterocycles. The van der Waals surface area contributed by atoms with Crippen LogP contribution in [0.25, 0.3) is 0 Å². The monoisotopic (exact) mass is 258 g/mol. The van der Waals surface area contributed by atoms with Gasteiger partial charge in [-0.3, -0.25) is 0 Å². The third-order valence-corrected chi connectivity index (χ3v) is 2.83. The van der Waals surface area contributed by atoms with E-state index < -0.39 is 0 Å². The van der Waals surface area contributed by atoms with Gasteiger partial charge in [0, 0.05) is 12.0 Å². The van der Waals surface area contributed by atoms with Crippen LogP contribution in [0, 0.1) is 0 Å². The molecule has 19 heavy (non-hydrogen) atoms. The number of esters is 1. The zero-order chi connectivity index (χ0) is 13.7. The predicted molar refractivity (Wildman–Crippen MR) is 71.0 cm³/mol. The van der Waals surface area contributed by atoms with Crippen molar-refractivity contribution < 1.29 is 18.9 Å². The zero-order valence-corrected chi connectivity index (χ0v) is 10.8. The first-order valence-electron chi connectivity index (χ1n) is 6.24. The number of ether oxygens (including phenoxy) is 1. The smallest absolute Gasteiger partial charge is 0.350 e. The molecule has 0 bridgehead atoms. The molecule has 1 aliphatic heterocycles. The molecular weight excluding hydrogens is 242 g/mol. The van der Waals surface area contributed by atoms with Crippen LogP contribution in [0.15, 0.2) is 36.0 Å². The lowest BCUT2D eigenvalue weighted by Gasteiger charge is -2.08. The minimum Gasteiger partial charge on any atom is -0.462 e. The van der Waals surface area contributed by atoms with Crippen molar-refractivity contribution in [3.05, 3.63) is 47.2 Å². The Morgan fingerprint density at radius 1 is 1.26 bits per heavy atom. The Labute approximate surface area is 112 Å². The summed E-state index contributed by atoms with van der Waals surface area (Å²) in [6.07, 6.45) is 4.89. The first-order chi connectivity index (χ1) is 9.22. The summed E-state index contributed by atoms with van der Waals surface area (Å²) in [6, 6.07) is 7.87. The Bertz CT molecular complexity index is 541. The summed E-state index contributed by atoms with van der Waals surface area (Å²) in [5.74, 6) is -0.278. The van der Waals surface area contributed by atoms with Crippen molar-refractivity contribution in [2.75, 3.05) is 6.61 Å². The van der Waals surface area contributed by atoms with Gasteiger partial charge in [-0.1, -0.05) is 24.3 Å². The molecule has 0 aliphatic carbocycles. The quantitative estimate of drug-likeness (QED) is 0.441. The molecule has 1 aromatic carbocycles. The minimum absolute atomic E-state index is 0.278. The van der Waals surface area contributed by atoms with Gasteiger partial charge < -0.3 is 9.53 Å². The zero-order valence-electron chi connectivity index (χ0n) is 10.8. The highest BCUT2D eigenvalue weighted by Gasteiger charge is 2.24. The standard InChI is InChI=1S/C15H16NO3/c1-2-19-15(18)14-10-16(11-14)9-13-5-3-12(4-6-13)7-8-17/h3-6,8,10-11H,2,7,9H2,1H3/q+1. The van der Waals surface area contributed by atoms with E-state index in [0.717, 1.165) is 17.4 Å². The summed E-state index contributed by atoms with van der Waals surface area (Å²) >= 11 is 0. The van der Waals surface area contributed by atoms with Gasteiger partial charge in [-0.2, -0.15) is 4.58 Å². The Kier molecular flexibility index (Phi) is 4.23. The average Bonchev–Trinajstić information content (AvgIpc) is 2.36. The highest BCUT2D eigenvalue weighted by molar-refractivity contribution is 6.09. The molecular formula is C15H16NO3+. The van der Waals surface area contributed by atoms with Crippen LogP contribution in [0.3, 0.4) is 0 Å². The van der Waals surface area contributed by atoms with Gasteiger partial charge in [0.25, 0.3) is 0 Å². The topological polar surface area (TPSA) is 46.4 Å². The molecule has 0 aromatic heterocycles. The molecule has 2 rings (SSSR count). The molecule has 0 amide bonds. The maximum Gasteiger partial charge on any atom is 0.350 e. The van der Waals surface area contributed by atoms with Crippen molar-refractivity contribution in [2.45, 2.75) is 19.9 Å². The summed E-state index contributed by atoms with van der Waals surface area (Å²) in [6.45, 7) is 2.89. The van der Waals surface area contributed by atoms with Gasteiger partial charge in [-0.25, -0.2) is 4.79 Å². The van der Waals surface area contributed by atoms with Gasteiger partial charge >= 0.3 is 5.97 Å². The van der Waals surface area contributed by atoms with E-state index in [1.807, 2.05) is 28.8 Å². The van der Waals surface area contributed by atoms with Gasteiger partial charge in [-0.05, 0) is 12.5 Å². The summed E-state index contributed by atoms with van der Waals surface area (Å²) in [4.78, 5) is 21.7. The van der Waals surface area contributed by atoms with Crippen molar-refractivity contribution in [3.8, 4) is 0 Å². The molecule has 1 heterocycles. The minimum atomic E-state index is -0.278. The van der Waals surface area contributed by atoms with Crippen LogP contribution in [-0.2, 0) is 27.3 Å². The van der Waals surface area contributed by atoms with E-state index in [4.69, 9.17) is 4.74 Å². The highest BCUT2D eigenvalue weighted by atomic mass is 16.5. The van der Waals surface area contributed by atoms with E-state index >= 15 is 0 Å². The van der Waals surface area contributed by atoms with Crippen LogP contribution in [-0.4, -0.2) is 29.7 Å². The molecule has 0 N–H and O–H groups in total. The van der Waals surface area contributed by atoms with Crippen molar-refractivity contribution in [2.24, 2.45) is 0 Å². The van der Waals surface area contributed by atoms with E-state index in [2.05, 4.69) is 0 Å². The van der Waals surface area contributed by atoms with Gasteiger partial charge in [0.1, 0.15) is 6.29 Å². The predicted octanol–water partition coefficient (Wildman–Crippen LogP) is 1.47. The normalized spacial score (nSPS) is 13.1. The van der Waals surface area contributed by atoms with Gasteiger partial charge in [-0.15, -0.1) is 0 Å². The molecule has 4 nitrogen and oxygen atoms in total. The van der Waals surface area contributed by atoms with Crippen LogP contribution in [0.1, 0.15) is 18.1 Å². The van der Waals surface area contributed by atoms with E-state index in [9.17, 15) is 9.59 Å². The maximum atomic E-state index is 11.4. The number of aldehydes is 1. The van der Waals surface area contributed by atoms with Crippen molar-refractivity contribution in [3.63, 3.8) is 0 Å². The summed E-state index contributed by atoms with van der Waals surface area (Å²) < 4.78 is 6.82. The summed E-state index contributed by atoms with van der Waals surface area (Å²) in [5.41, 5.74) is 2.73. The lowest BCUT2D eigenvalue weighted by atomic mass is 10.1. The van der Waals surface area contributed by atoms with E-state index in [-0.39, 0.29) is 5.97 Å². The molecule has 4 heteroatoms. The number of nitrogens with zero attached hydrogens (tertiary/aromatic N) is 1. The molecule has 0 spiro atoms. The van der Waals surface area contributed by atoms with Crippen molar-refractivity contribution in [1.82, 2.24) is 0 Å². The molecule has 0 fully saturated rings. The number of carbonyl (C=O) groups is 2. The summed E-state index contributed by atoms with van der Waals surface area (Å²) in [7, 11) is 0. The average molecular weight is 258 g/mol. The molecule has 1 aromatic rings. The molecule has 0 radical (unpaired) electrons. The fourth-order valence-electron chi connectivity index (χ4n) is 1.84. The molecule has 98 valence electrons. The Morgan fingerprint density at radius 3 is 2.47 bits per heavy atom. The summed E-state index contributed by atoms with van der Waals surface area (Å²) in [5, 5.41) is 0. The number of hydrogen-bond acceptors (Lipinski definition) is 3. The Hall–Kier alpha value is -2.23. The first-order valence-corrected chi connectivity index (χ1v) is 6.24. The fraction of sp³-hybridized carbons (Fsp3) is 0.267. The Balaban J connectivity index is 1.88. The number of hydrogen-bond donors (Lipinski definition) is 0. The molecule has 0 unspecified atom stereocenters. The van der Waals surface area contributed by atoms with Gasteiger partial charge in [0.05, 0.1) is 6.61 Å². The second-order valence-electron chi connectivity index (χ2n) is 4.29. The first kappa shape index (κ1) is 13.2. The van der Waals surface area contributed by atoms with Crippen molar-refractivity contribution >= 4 is 18.5 Å². The number of benzene rings is 1. The second-order valence-corrected chi connectivity index (χ2v) is 4.29. The number of carbonyl (C=O) groups excluding carboxylic acids is 2. The van der Waals surface area contributed by atoms with Crippen molar-refractivity contribution in [1.29, 1.82) is 0 Å². The lowest BCUT2D eigenvalue weighted by molar-refractivity contribution is -0.480. The van der Waals surface area contributed by atoms with Crippen LogP contribution >= 0.6 is 0 Å². The molecule has 1 aliphatic rings. The van der Waals surface area contributed by atoms with E-state index in [1.54, 1.807) is 19.3 Å². The SMILES string of the molecule is CCOC(=O)C1=C[N+](Cc2ccc(CC=O)cc2)=C1. The second kappa shape index (κ2) is 6.09. The van der Waals surface area contributed by atoms with Crippen LogP contribution in [0.4, 0.5) is 0 Å². The number of rotatable bonds is 6. The van der Waals surface area contributed by atoms with Crippen LogP contribution in [0.5, 0.6) is 0 Å². The fourth-order valence-corrected chi connectivity index (χ4v) is 1.84. The third kappa shape index (κ3) is 3.37. The van der Waals surface area contributed by atoms with E-state index in [1.165, 1.54) is 0 Å². The highest BCUT2D eigenvalue weighted by Crippen LogP contribution is 2.11. The molecule has 0 atom stereocenters. The van der Waals surface area contributed by atoms with Crippen LogP contribution in [0.2, 0.25) is 0 Å². The largest absolute Gasteiger partial charge is 0.462 e. The van der Waals surface area contributed by atoms with Gasteiger partial charge in [0.2, 0.25) is 0 Å². The maximum absolute atomic E-state index is 11.4. The lowest BCUT2D eigenvalue weighted by Crippen LogP contribution is -2.23. The van der Waals surface area contributed by atoms with Gasteiger partial charge in [0.15, 0.2) is 24.5 Å². The van der Waals surface area contributed by atoms with Crippen LogP contribution < -0.4 is 0 Å².